The molecule has 134 valence electrons. The summed E-state index contributed by atoms with van der Waals surface area (Å²) in [4.78, 5) is 0.209. The third-order valence-electron chi connectivity index (χ3n) is 3.91. The fourth-order valence-corrected chi connectivity index (χ4v) is 4.24. The Bertz CT molecular complexity index is 831. The van der Waals surface area contributed by atoms with Gasteiger partial charge in [0.2, 0.25) is 0 Å². The van der Waals surface area contributed by atoms with E-state index in [1.165, 1.54) is 0 Å². The van der Waals surface area contributed by atoms with E-state index in [0.717, 1.165) is 19.4 Å². The highest BCUT2D eigenvalue weighted by molar-refractivity contribution is 7.92. The molecule has 5 nitrogen and oxygen atoms in total. The van der Waals surface area contributed by atoms with Gasteiger partial charge in [-0.3, -0.25) is 4.72 Å². The standard InChI is InChI=1S/C17H19Cl2N3O2S/c18-13-5-4-10-22(12-13)20-17-11-14(8-9-16(17)19)21-25(23,24)15-6-2-1-3-7-15/h1-3,6-9,11,13,20-21H,4-5,10,12H2. The third kappa shape index (κ3) is 4.79. The zero-order valence-electron chi connectivity index (χ0n) is 13.5. The van der Waals surface area contributed by atoms with Crippen molar-refractivity contribution in [2.75, 3.05) is 23.2 Å². The topological polar surface area (TPSA) is 61.4 Å². The monoisotopic (exact) mass is 399 g/mol. The number of nitrogens with one attached hydrogen (secondary N) is 2. The minimum atomic E-state index is -3.64. The molecule has 1 atom stereocenters. The summed E-state index contributed by atoms with van der Waals surface area (Å²) in [5, 5.41) is 2.61. The predicted octanol–water partition coefficient (Wildman–Crippen LogP) is 4.17. The Hall–Kier alpha value is -1.47. The van der Waals surface area contributed by atoms with Crippen LogP contribution < -0.4 is 10.1 Å². The number of nitrogens with zero attached hydrogens (tertiary/aromatic N) is 1. The van der Waals surface area contributed by atoms with Crippen LogP contribution in [0.2, 0.25) is 5.02 Å². The second kappa shape index (κ2) is 7.83. The third-order valence-corrected chi connectivity index (χ3v) is 6.00. The molecule has 1 heterocycles. The van der Waals surface area contributed by atoms with E-state index in [-0.39, 0.29) is 10.3 Å². The lowest BCUT2D eigenvalue weighted by Crippen LogP contribution is -2.40. The van der Waals surface area contributed by atoms with Crippen LogP contribution in [0.4, 0.5) is 11.4 Å². The van der Waals surface area contributed by atoms with Crippen LogP contribution in [0.1, 0.15) is 12.8 Å². The van der Waals surface area contributed by atoms with Crippen molar-refractivity contribution in [2.24, 2.45) is 0 Å². The first-order chi connectivity index (χ1) is 11.9. The van der Waals surface area contributed by atoms with Gasteiger partial charge in [0.05, 0.1) is 21.3 Å². The highest BCUT2D eigenvalue weighted by Crippen LogP contribution is 2.28. The smallest absolute Gasteiger partial charge is 0.261 e. The van der Waals surface area contributed by atoms with Crippen molar-refractivity contribution < 1.29 is 8.42 Å². The zero-order valence-corrected chi connectivity index (χ0v) is 15.8. The first-order valence-corrected chi connectivity index (χ1v) is 10.3. The molecule has 0 spiro atoms. The van der Waals surface area contributed by atoms with Crippen molar-refractivity contribution in [3.63, 3.8) is 0 Å². The number of hydrazine groups is 1. The number of sulfonamides is 1. The summed E-state index contributed by atoms with van der Waals surface area (Å²) < 4.78 is 27.5. The Morgan fingerprint density at radius 3 is 2.60 bits per heavy atom. The average Bonchev–Trinajstić information content (AvgIpc) is 2.58. The number of piperidine rings is 1. The highest BCUT2D eigenvalue weighted by atomic mass is 35.5. The number of benzene rings is 2. The van der Waals surface area contributed by atoms with Gasteiger partial charge in [0.25, 0.3) is 10.0 Å². The summed E-state index contributed by atoms with van der Waals surface area (Å²) in [6.45, 7) is 1.57. The normalized spacial score (nSPS) is 18.7. The number of rotatable bonds is 5. The first kappa shape index (κ1) is 18.3. The van der Waals surface area contributed by atoms with Crippen molar-refractivity contribution in [1.29, 1.82) is 0 Å². The molecule has 2 aromatic rings. The minimum Gasteiger partial charge on any atom is -0.317 e. The molecule has 0 saturated carbocycles. The molecule has 1 fully saturated rings. The van der Waals surface area contributed by atoms with Gasteiger partial charge in [0, 0.05) is 18.5 Å². The fraction of sp³-hybridized carbons (Fsp3) is 0.294. The van der Waals surface area contributed by atoms with Crippen molar-refractivity contribution in [2.45, 2.75) is 23.1 Å². The molecule has 0 amide bonds. The van der Waals surface area contributed by atoms with Crippen molar-refractivity contribution in [3.8, 4) is 0 Å². The predicted molar refractivity (Wildman–Crippen MR) is 103 cm³/mol. The van der Waals surface area contributed by atoms with Crippen LogP contribution in [0, 0.1) is 0 Å². The van der Waals surface area contributed by atoms with Gasteiger partial charge in [-0.25, -0.2) is 13.4 Å². The van der Waals surface area contributed by atoms with Crippen LogP contribution >= 0.6 is 23.2 Å². The molecule has 1 aliphatic heterocycles. The molecular formula is C17H19Cl2N3O2S. The molecule has 0 radical (unpaired) electrons. The fourth-order valence-electron chi connectivity index (χ4n) is 2.69. The molecule has 1 saturated heterocycles. The quantitative estimate of drug-likeness (QED) is 0.740. The summed E-state index contributed by atoms with van der Waals surface area (Å²) in [5.41, 5.74) is 4.31. The maximum atomic E-state index is 12.4. The average molecular weight is 400 g/mol. The lowest BCUT2D eigenvalue weighted by Gasteiger charge is -2.31. The molecule has 2 aromatic carbocycles. The molecule has 8 heteroatoms. The van der Waals surface area contributed by atoms with Gasteiger partial charge in [-0.1, -0.05) is 29.8 Å². The van der Waals surface area contributed by atoms with Gasteiger partial charge in [0.1, 0.15) is 0 Å². The van der Waals surface area contributed by atoms with Crippen LogP contribution in [-0.2, 0) is 10.0 Å². The number of hydrogen-bond acceptors (Lipinski definition) is 4. The van der Waals surface area contributed by atoms with Crippen LogP contribution in [0.3, 0.4) is 0 Å². The Morgan fingerprint density at radius 1 is 1.12 bits per heavy atom. The van der Waals surface area contributed by atoms with Crippen LogP contribution in [0.5, 0.6) is 0 Å². The molecule has 1 unspecified atom stereocenters. The van der Waals surface area contributed by atoms with Gasteiger partial charge >= 0.3 is 0 Å². The SMILES string of the molecule is O=S(=O)(Nc1ccc(Cl)c(NN2CCCC(Cl)C2)c1)c1ccccc1. The second-order valence-corrected chi connectivity index (χ2v) is 8.62. The molecule has 0 aromatic heterocycles. The molecular weight excluding hydrogens is 381 g/mol. The highest BCUT2D eigenvalue weighted by Gasteiger charge is 2.19. The van der Waals surface area contributed by atoms with E-state index < -0.39 is 10.0 Å². The van der Waals surface area contributed by atoms with E-state index in [0.29, 0.717) is 22.9 Å². The number of alkyl halides is 1. The second-order valence-electron chi connectivity index (χ2n) is 5.91. The summed E-state index contributed by atoms with van der Waals surface area (Å²) >= 11 is 12.4. The van der Waals surface area contributed by atoms with Gasteiger partial charge in [0.15, 0.2) is 0 Å². The minimum absolute atomic E-state index is 0.0970. The molecule has 25 heavy (non-hydrogen) atoms. The summed E-state index contributed by atoms with van der Waals surface area (Å²) in [6, 6.07) is 13.2. The molecule has 2 N–H and O–H groups in total. The lowest BCUT2D eigenvalue weighted by atomic mass is 10.1. The van der Waals surface area contributed by atoms with E-state index in [9.17, 15) is 8.42 Å². The molecule has 0 bridgehead atoms. The van der Waals surface area contributed by atoms with Crippen LogP contribution in [-0.4, -0.2) is 31.9 Å². The number of anilines is 2. The van der Waals surface area contributed by atoms with Gasteiger partial charge in [-0.05, 0) is 43.2 Å². The van der Waals surface area contributed by atoms with Crippen LogP contribution in [0.25, 0.3) is 0 Å². The first-order valence-electron chi connectivity index (χ1n) is 7.97. The van der Waals surface area contributed by atoms with E-state index in [1.54, 1.807) is 48.5 Å². The lowest BCUT2D eigenvalue weighted by molar-refractivity contribution is 0.277. The van der Waals surface area contributed by atoms with Crippen molar-refractivity contribution >= 4 is 44.6 Å². The molecule has 3 rings (SSSR count). The number of hydrogen-bond donors (Lipinski definition) is 2. The summed E-state index contributed by atoms with van der Waals surface area (Å²) in [5.74, 6) is 0. The molecule has 1 aliphatic rings. The van der Waals surface area contributed by atoms with Gasteiger partial charge in [-0.15, -0.1) is 11.6 Å². The van der Waals surface area contributed by atoms with Gasteiger partial charge in [-0.2, -0.15) is 0 Å². The van der Waals surface area contributed by atoms with Crippen molar-refractivity contribution in [3.05, 3.63) is 53.6 Å². The maximum absolute atomic E-state index is 12.4. The summed E-state index contributed by atoms with van der Waals surface area (Å²) in [7, 11) is -3.64. The Kier molecular flexibility index (Phi) is 5.74. The van der Waals surface area contributed by atoms with Crippen molar-refractivity contribution in [1.82, 2.24) is 5.01 Å². The van der Waals surface area contributed by atoms with Gasteiger partial charge < -0.3 is 5.43 Å². The maximum Gasteiger partial charge on any atom is 0.261 e. The molecule has 0 aliphatic carbocycles. The summed E-state index contributed by atoms with van der Waals surface area (Å²) in [6.07, 6.45) is 1.99. The zero-order chi connectivity index (χ0) is 17.9. The Morgan fingerprint density at radius 2 is 1.88 bits per heavy atom. The van der Waals surface area contributed by atoms with Crippen LogP contribution in [0.15, 0.2) is 53.4 Å². The Labute approximate surface area is 158 Å². The number of halogens is 2. The Balaban J connectivity index is 1.77. The van der Waals surface area contributed by atoms with E-state index in [2.05, 4.69) is 10.1 Å². The van der Waals surface area contributed by atoms with E-state index in [4.69, 9.17) is 23.2 Å². The van der Waals surface area contributed by atoms with E-state index >= 15 is 0 Å². The van der Waals surface area contributed by atoms with E-state index in [1.807, 2.05) is 5.01 Å². The largest absolute Gasteiger partial charge is 0.317 e.